The maximum Gasteiger partial charge on any atom is 0.546 e. The van der Waals surface area contributed by atoms with Crippen molar-refractivity contribution in [1.82, 2.24) is 9.97 Å². The SMILES string of the molecule is C[CH2][Al]([CH2]C)[O]c1ccc(-c2ncc[nH]2)cc1. The molecule has 2 rings (SSSR count). The molecule has 1 N–H and O–H groups in total. The van der Waals surface area contributed by atoms with Gasteiger partial charge in [0, 0.05) is 18.0 Å². The number of H-pyrrole nitrogens is 1. The fraction of sp³-hybridized carbons (Fsp3) is 0.308. The van der Waals surface area contributed by atoms with Gasteiger partial charge in [-0.2, -0.15) is 0 Å². The minimum atomic E-state index is -1.02. The van der Waals surface area contributed by atoms with Crippen molar-refractivity contribution in [2.45, 2.75) is 24.4 Å². The Labute approximate surface area is 107 Å². The summed E-state index contributed by atoms with van der Waals surface area (Å²) in [5.74, 6) is 1.89. The molecule has 1 heterocycles. The number of aromatic amines is 1. The standard InChI is InChI=1S/C9H8N2O.2C2H5.Al/c12-8-3-1-7(2-4-8)9-10-5-6-11-9;2*1-2;/h1-6,12H,(H,10,11);2*1H2,2H3;/q;;;+1/p-1. The van der Waals surface area contributed by atoms with Crippen molar-refractivity contribution in [3.05, 3.63) is 36.7 Å². The van der Waals surface area contributed by atoms with E-state index in [-0.39, 0.29) is 0 Å². The molecule has 0 atom stereocenters. The Morgan fingerprint density at radius 2 is 1.88 bits per heavy atom. The van der Waals surface area contributed by atoms with Crippen molar-refractivity contribution < 1.29 is 3.79 Å². The molecule has 1 aromatic carbocycles. The Bertz CT molecular complexity index is 435. The van der Waals surface area contributed by atoms with Crippen LogP contribution in [0.2, 0.25) is 10.6 Å². The van der Waals surface area contributed by atoms with Crippen LogP contribution in [0.1, 0.15) is 13.8 Å². The van der Waals surface area contributed by atoms with E-state index in [9.17, 15) is 0 Å². The minimum Gasteiger partial charge on any atom is -0.643 e. The largest absolute Gasteiger partial charge is 0.643 e. The van der Waals surface area contributed by atoms with Crippen LogP contribution in [0.5, 0.6) is 5.75 Å². The molecule has 0 aliphatic rings. The summed E-state index contributed by atoms with van der Waals surface area (Å²) < 4.78 is 5.99. The van der Waals surface area contributed by atoms with Crippen LogP contribution in [0.4, 0.5) is 0 Å². The van der Waals surface area contributed by atoms with Gasteiger partial charge in [0.15, 0.2) is 0 Å². The second-order valence-corrected chi connectivity index (χ2v) is 7.13. The Balaban J connectivity index is 2.08. The van der Waals surface area contributed by atoms with Gasteiger partial charge in [0.1, 0.15) is 5.82 Å². The second-order valence-electron chi connectivity index (χ2n) is 4.02. The summed E-state index contributed by atoms with van der Waals surface area (Å²) in [6.07, 6.45) is 3.59. The molecule has 4 heteroatoms. The number of hydrogen-bond acceptors (Lipinski definition) is 2. The first-order valence-electron chi connectivity index (χ1n) is 6.10. The van der Waals surface area contributed by atoms with E-state index >= 15 is 0 Å². The molecular formula is C13H17AlN2O. The normalized spacial score (nSPS) is 10.2. The highest BCUT2D eigenvalue weighted by atomic mass is 27.2. The summed E-state index contributed by atoms with van der Waals surface area (Å²) in [4.78, 5) is 7.31. The highest BCUT2D eigenvalue weighted by Gasteiger charge is 2.17. The number of benzene rings is 1. The third-order valence-corrected chi connectivity index (χ3v) is 5.27. The van der Waals surface area contributed by atoms with Crippen molar-refractivity contribution in [2.75, 3.05) is 0 Å². The Morgan fingerprint density at radius 3 is 2.41 bits per heavy atom. The van der Waals surface area contributed by atoms with Crippen molar-refractivity contribution in [3.8, 4) is 17.1 Å². The first kappa shape index (κ1) is 12.2. The highest BCUT2D eigenvalue weighted by molar-refractivity contribution is 6.52. The van der Waals surface area contributed by atoms with Gasteiger partial charge < -0.3 is 8.77 Å². The maximum absolute atomic E-state index is 5.99. The average molecular weight is 244 g/mol. The van der Waals surface area contributed by atoms with Crippen LogP contribution in [0.25, 0.3) is 11.4 Å². The molecule has 0 aliphatic carbocycles. The maximum atomic E-state index is 5.99. The van der Waals surface area contributed by atoms with E-state index in [1.54, 1.807) is 6.20 Å². The monoisotopic (exact) mass is 244 g/mol. The third-order valence-electron chi connectivity index (χ3n) is 2.84. The zero-order valence-corrected chi connectivity index (χ0v) is 11.5. The molecule has 0 spiro atoms. The smallest absolute Gasteiger partial charge is 0.546 e. The molecule has 0 unspecified atom stereocenters. The molecule has 1 aromatic heterocycles. The van der Waals surface area contributed by atoms with E-state index in [4.69, 9.17) is 3.79 Å². The summed E-state index contributed by atoms with van der Waals surface area (Å²) in [6, 6.07) is 8.16. The molecule has 0 amide bonds. The summed E-state index contributed by atoms with van der Waals surface area (Å²) >= 11 is -1.02. The molecule has 0 aliphatic heterocycles. The first-order valence-corrected chi connectivity index (χ1v) is 8.20. The van der Waals surface area contributed by atoms with Gasteiger partial charge in [-0.15, -0.1) is 0 Å². The summed E-state index contributed by atoms with van der Waals surface area (Å²) in [5, 5.41) is 2.35. The number of nitrogens with one attached hydrogen (secondary N) is 1. The number of aromatic nitrogens is 2. The van der Waals surface area contributed by atoms with Crippen molar-refractivity contribution >= 4 is 14.5 Å². The molecule has 0 bridgehead atoms. The van der Waals surface area contributed by atoms with Gasteiger partial charge in [0.2, 0.25) is 0 Å². The van der Waals surface area contributed by atoms with Crippen molar-refractivity contribution in [3.63, 3.8) is 0 Å². The molecule has 3 nitrogen and oxygen atoms in total. The number of imidazole rings is 1. The van der Waals surface area contributed by atoms with Crippen LogP contribution < -0.4 is 3.79 Å². The zero-order chi connectivity index (χ0) is 12.1. The van der Waals surface area contributed by atoms with Crippen LogP contribution in [-0.2, 0) is 0 Å². The fourth-order valence-electron chi connectivity index (χ4n) is 1.76. The van der Waals surface area contributed by atoms with Gasteiger partial charge in [0.05, 0.1) is 5.75 Å². The first-order chi connectivity index (χ1) is 8.33. The second kappa shape index (κ2) is 5.90. The van der Waals surface area contributed by atoms with Crippen LogP contribution in [0.3, 0.4) is 0 Å². The Kier molecular flexibility index (Phi) is 4.25. The number of hydrogen-bond donors (Lipinski definition) is 1. The quantitative estimate of drug-likeness (QED) is 0.817. The topological polar surface area (TPSA) is 37.9 Å². The molecular weight excluding hydrogens is 227 g/mol. The van der Waals surface area contributed by atoms with Gasteiger partial charge in [0.25, 0.3) is 0 Å². The Morgan fingerprint density at radius 1 is 1.18 bits per heavy atom. The van der Waals surface area contributed by atoms with Crippen molar-refractivity contribution in [2.24, 2.45) is 0 Å². The lowest BCUT2D eigenvalue weighted by Crippen LogP contribution is -2.18. The lowest BCUT2D eigenvalue weighted by atomic mass is 10.2. The number of nitrogens with zero attached hydrogens (tertiary/aromatic N) is 1. The molecule has 0 saturated heterocycles. The fourth-order valence-corrected chi connectivity index (χ4v) is 3.22. The lowest BCUT2D eigenvalue weighted by molar-refractivity contribution is 0.566. The lowest BCUT2D eigenvalue weighted by Gasteiger charge is -2.12. The van der Waals surface area contributed by atoms with Crippen LogP contribution in [-0.4, -0.2) is 24.5 Å². The average Bonchev–Trinajstić information content (AvgIpc) is 2.90. The van der Waals surface area contributed by atoms with Gasteiger partial charge in [-0.3, -0.25) is 0 Å². The van der Waals surface area contributed by atoms with Gasteiger partial charge >= 0.3 is 14.5 Å². The molecule has 17 heavy (non-hydrogen) atoms. The summed E-state index contributed by atoms with van der Waals surface area (Å²) in [5.41, 5.74) is 1.09. The predicted molar refractivity (Wildman–Crippen MR) is 71.4 cm³/mol. The predicted octanol–water partition coefficient (Wildman–Crippen LogP) is 3.49. The molecule has 0 fully saturated rings. The minimum absolute atomic E-state index is 0.899. The van der Waals surface area contributed by atoms with E-state index in [2.05, 4.69) is 23.8 Å². The molecule has 0 radical (unpaired) electrons. The van der Waals surface area contributed by atoms with E-state index in [0.29, 0.717) is 0 Å². The van der Waals surface area contributed by atoms with E-state index in [0.717, 1.165) is 17.1 Å². The molecule has 88 valence electrons. The third kappa shape index (κ3) is 3.12. The van der Waals surface area contributed by atoms with E-state index < -0.39 is 14.5 Å². The summed E-state index contributed by atoms with van der Waals surface area (Å²) in [7, 11) is 0. The van der Waals surface area contributed by atoms with Gasteiger partial charge in [-0.25, -0.2) is 4.98 Å². The highest BCUT2D eigenvalue weighted by Crippen LogP contribution is 2.20. The number of rotatable bonds is 5. The Hall–Kier alpha value is -1.24. The molecule has 0 saturated carbocycles. The van der Waals surface area contributed by atoms with Gasteiger partial charge in [-0.05, 0) is 24.3 Å². The van der Waals surface area contributed by atoms with Crippen LogP contribution in [0, 0.1) is 0 Å². The van der Waals surface area contributed by atoms with Crippen molar-refractivity contribution in [1.29, 1.82) is 0 Å². The van der Waals surface area contributed by atoms with Crippen LogP contribution >= 0.6 is 0 Å². The zero-order valence-electron chi connectivity index (χ0n) is 10.3. The van der Waals surface area contributed by atoms with E-state index in [1.165, 1.54) is 10.6 Å². The van der Waals surface area contributed by atoms with Crippen LogP contribution in [0.15, 0.2) is 36.7 Å². The van der Waals surface area contributed by atoms with E-state index in [1.807, 2.05) is 30.5 Å². The molecule has 2 aromatic rings. The van der Waals surface area contributed by atoms with Gasteiger partial charge in [-0.1, -0.05) is 24.4 Å². The summed E-state index contributed by atoms with van der Waals surface area (Å²) in [6.45, 7) is 4.41.